The minimum absolute atomic E-state index is 0.00281. The standard InChI is InChI=1S/C19H22F2N4O3S/c1-9(26)17(28)25(11-7-13(20)23-14(21)8-11)18-24-15(10(2)29-18)16(27)22-12-5-6-19(12,3)4/h7-9,12,26H,5-6H2,1-4H3,(H,22,27). The van der Waals surface area contributed by atoms with Crippen LogP contribution in [0, 0.1) is 24.2 Å². The maximum atomic E-state index is 13.6. The minimum Gasteiger partial charge on any atom is -0.384 e. The lowest BCUT2D eigenvalue weighted by molar-refractivity contribution is -0.125. The van der Waals surface area contributed by atoms with Gasteiger partial charge in [0.15, 0.2) is 5.13 Å². The van der Waals surface area contributed by atoms with Crippen LogP contribution in [0.15, 0.2) is 12.1 Å². The van der Waals surface area contributed by atoms with Crippen molar-refractivity contribution in [3.05, 3.63) is 34.6 Å². The summed E-state index contributed by atoms with van der Waals surface area (Å²) in [5, 5.41) is 12.7. The van der Waals surface area contributed by atoms with Gasteiger partial charge in [-0.3, -0.25) is 14.5 Å². The predicted molar refractivity (Wildman–Crippen MR) is 104 cm³/mol. The largest absolute Gasteiger partial charge is 0.384 e. The van der Waals surface area contributed by atoms with E-state index in [1.807, 2.05) is 0 Å². The van der Waals surface area contributed by atoms with Crippen LogP contribution in [-0.4, -0.2) is 39.0 Å². The average Bonchev–Trinajstić information content (AvgIpc) is 2.99. The van der Waals surface area contributed by atoms with Crippen LogP contribution in [0.4, 0.5) is 19.6 Å². The number of anilines is 2. The van der Waals surface area contributed by atoms with Crippen molar-refractivity contribution >= 4 is 34.0 Å². The van der Waals surface area contributed by atoms with E-state index in [-0.39, 0.29) is 33.9 Å². The number of amides is 2. The molecule has 1 aliphatic carbocycles. The van der Waals surface area contributed by atoms with Crippen molar-refractivity contribution in [1.29, 1.82) is 0 Å². The number of carbonyl (C=O) groups excluding carboxylic acids is 2. The van der Waals surface area contributed by atoms with Crippen LogP contribution in [0.5, 0.6) is 0 Å². The van der Waals surface area contributed by atoms with E-state index in [0.717, 1.165) is 41.2 Å². The number of aromatic nitrogens is 2. The molecule has 0 aromatic carbocycles. The van der Waals surface area contributed by atoms with Crippen molar-refractivity contribution in [1.82, 2.24) is 15.3 Å². The third-order valence-corrected chi connectivity index (χ3v) is 6.06. The summed E-state index contributed by atoms with van der Waals surface area (Å²) in [6.45, 7) is 7.03. The van der Waals surface area contributed by atoms with Crippen molar-refractivity contribution in [3.63, 3.8) is 0 Å². The zero-order valence-corrected chi connectivity index (χ0v) is 17.3. The first-order valence-corrected chi connectivity index (χ1v) is 9.94. The maximum Gasteiger partial charge on any atom is 0.271 e. The van der Waals surface area contributed by atoms with Gasteiger partial charge in [-0.05, 0) is 32.1 Å². The highest BCUT2D eigenvalue weighted by Gasteiger charge is 2.40. The fourth-order valence-corrected chi connectivity index (χ4v) is 4.08. The topological polar surface area (TPSA) is 95.4 Å². The molecule has 2 aromatic heterocycles. The number of hydrogen-bond donors (Lipinski definition) is 2. The van der Waals surface area contributed by atoms with Crippen molar-refractivity contribution in [2.24, 2.45) is 5.41 Å². The number of aryl methyl sites for hydroxylation is 1. The number of hydrogen-bond acceptors (Lipinski definition) is 6. The van der Waals surface area contributed by atoms with Crippen molar-refractivity contribution in [2.75, 3.05) is 4.90 Å². The number of aliphatic hydroxyl groups is 1. The molecular weight excluding hydrogens is 402 g/mol. The minimum atomic E-state index is -1.45. The molecule has 156 valence electrons. The molecule has 2 atom stereocenters. The van der Waals surface area contributed by atoms with E-state index in [2.05, 4.69) is 29.1 Å². The zero-order chi connectivity index (χ0) is 21.5. The van der Waals surface area contributed by atoms with Gasteiger partial charge in [-0.15, -0.1) is 11.3 Å². The predicted octanol–water partition coefficient (Wildman–Crippen LogP) is 3.09. The number of thiazole rings is 1. The second kappa shape index (κ2) is 7.75. The molecule has 0 aliphatic heterocycles. The first kappa shape index (κ1) is 21.3. The number of aliphatic hydroxyl groups excluding tert-OH is 1. The van der Waals surface area contributed by atoms with E-state index in [1.165, 1.54) is 6.92 Å². The Bertz CT molecular complexity index is 941. The summed E-state index contributed by atoms with van der Waals surface area (Å²) >= 11 is 1.01. The Kier molecular flexibility index (Phi) is 5.68. The van der Waals surface area contributed by atoms with Gasteiger partial charge in [-0.25, -0.2) is 4.98 Å². The second-order valence-electron chi connectivity index (χ2n) is 7.77. The second-order valence-corrected chi connectivity index (χ2v) is 8.96. The summed E-state index contributed by atoms with van der Waals surface area (Å²) in [5.74, 6) is -3.46. The number of nitrogens with zero attached hydrogens (tertiary/aromatic N) is 3. The Morgan fingerprint density at radius 3 is 2.41 bits per heavy atom. The van der Waals surface area contributed by atoms with Crippen LogP contribution < -0.4 is 10.2 Å². The molecule has 1 fully saturated rings. The Labute approximate surface area is 170 Å². The Morgan fingerprint density at radius 2 is 1.93 bits per heavy atom. The summed E-state index contributed by atoms with van der Waals surface area (Å²) in [7, 11) is 0. The first-order valence-electron chi connectivity index (χ1n) is 9.13. The van der Waals surface area contributed by atoms with Crippen LogP contribution in [0.3, 0.4) is 0 Å². The van der Waals surface area contributed by atoms with Gasteiger partial charge in [0.05, 0.1) is 5.69 Å². The number of rotatable bonds is 5. The third-order valence-electron chi connectivity index (χ3n) is 5.10. The Morgan fingerprint density at radius 1 is 1.31 bits per heavy atom. The Hall–Kier alpha value is -2.46. The molecule has 2 N–H and O–H groups in total. The summed E-state index contributed by atoms with van der Waals surface area (Å²) in [5.41, 5.74) is -0.0455. The van der Waals surface area contributed by atoms with Crippen molar-refractivity contribution < 1.29 is 23.5 Å². The third kappa shape index (κ3) is 4.27. The van der Waals surface area contributed by atoms with Gasteiger partial charge in [0.25, 0.3) is 11.8 Å². The molecule has 0 radical (unpaired) electrons. The van der Waals surface area contributed by atoms with Crippen LogP contribution >= 0.6 is 11.3 Å². The maximum absolute atomic E-state index is 13.6. The molecule has 2 amide bonds. The summed E-state index contributed by atoms with van der Waals surface area (Å²) < 4.78 is 27.2. The lowest BCUT2D eigenvalue weighted by Crippen LogP contribution is -2.52. The van der Waals surface area contributed by atoms with Crippen molar-refractivity contribution in [3.8, 4) is 0 Å². The number of carbonyl (C=O) groups is 2. The normalized spacial score (nSPS) is 18.7. The van der Waals surface area contributed by atoms with Crippen LogP contribution in [0.2, 0.25) is 0 Å². The number of nitrogens with one attached hydrogen (secondary N) is 1. The van der Waals surface area contributed by atoms with Gasteiger partial charge < -0.3 is 10.4 Å². The Balaban J connectivity index is 1.96. The molecule has 0 bridgehead atoms. The highest BCUT2D eigenvalue weighted by molar-refractivity contribution is 7.16. The van der Waals surface area contributed by atoms with Gasteiger partial charge in [-0.2, -0.15) is 13.8 Å². The summed E-state index contributed by atoms with van der Waals surface area (Å²) in [6.07, 6.45) is 0.429. The first-order chi connectivity index (χ1) is 13.5. The quantitative estimate of drug-likeness (QED) is 0.720. The van der Waals surface area contributed by atoms with E-state index < -0.39 is 23.9 Å². The lowest BCUT2D eigenvalue weighted by atomic mass is 9.67. The molecule has 1 saturated carbocycles. The molecule has 10 heteroatoms. The molecule has 7 nitrogen and oxygen atoms in total. The van der Waals surface area contributed by atoms with Gasteiger partial charge in [0.2, 0.25) is 11.9 Å². The van der Waals surface area contributed by atoms with E-state index in [0.29, 0.717) is 4.88 Å². The van der Waals surface area contributed by atoms with Gasteiger partial charge >= 0.3 is 0 Å². The molecule has 2 heterocycles. The zero-order valence-electron chi connectivity index (χ0n) is 16.5. The van der Waals surface area contributed by atoms with Crippen LogP contribution in [0.1, 0.15) is 49.0 Å². The van der Waals surface area contributed by atoms with Crippen LogP contribution in [0.25, 0.3) is 0 Å². The SMILES string of the molecule is Cc1sc(N(C(=O)C(C)O)c2cc(F)nc(F)c2)nc1C(=O)NC1CCC1(C)C. The fourth-order valence-electron chi connectivity index (χ4n) is 3.15. The van der Waals surface area contributed by atoms with Gasteiger partial charge in [0, 0.05) is 23.1 Å². The van der Waals surface area contributed by atoms with E-state index in [9.17, 15) is 23.5 Å². The van der Waals surface area contributed by atoms with Gasteiger partial charge in [0.1, 0.15) is 11.8 Å². The van der Waals surface area contributed by atoms with E-state index >= 15 is 0 Å². The molecule has 0 saturated heterocycles. The molecule has 2 aromatic rings. The lowest BCUT2D eigenvalue weighted by Gasteiger charge is -2.44. The van der Waals surface area contributed by atoms with E-state index in [1.54, 1.807) is 6.92 Å². The average molecular weight is 424 g/mol. The molecular formula is C19H22F2N4O3S. The van der Waals surface area contributed by atoms with E-state index in [4.69, 9.17) is 0 Å². The fraction of sp³-hybridized carbons (Fsp3) is 0.474. The molecule has 0 spiro atoms. The summed E-state index contributed by atoms with van der Waals surface area (Å²) in [4.78, 5) is 33.9. The van der Waals surface area contributed by atoms with Crippen LogP contribution in [-0.2, 0) is 4.79 Å². The van der Waals surface area contributed by atoms with Crippen molar-refractivity contribution in [2.45, 2.75) is 52.7 Å². The summed E-state index contributed by atoms with van der Waals surface area (Å²) in [6, 6.07) is 1.74. The monoisotopic (exact) mass is 424 g/mol. The number of pyridine rings is 1. The molecule has 29 heavy (non-hydrogen) atoms. The smallest absolute Gasteiger partial charge is 0.271 e. The van der Waals surface area contributed by atoms with Gasteiger partial charge in [-0.1, -0.05) is 13.8 Å². The number of halogens is 2. The highest BCUT2D eigenvalue weighted by atomic mass is 32.1. The molecule has 1 aliphatic rings. The molecule has 2 unspecified atom stereocenters. The molecule has 3 rings (SSSR count). The highest BCUT2D eigenvalue weighted by Crippen LogP contribution is 2.40.